The van der Waals surface area contributed by atoms with E-state index in [0.29, 0.717) is 24.6 Å². The lowest BCUT2D eigenvalue weighted by atomic mass is 10.1. The van der Waals surface area contributed by atoms with Crippen LogP contribution >= 0.6 is 11.6 Å². The number of hydrogen-bond acceptors (Lipinski definition) is 2. The second-order valence-corrected chi connectivity index (χ2v) is 5.54. The standard InChI is InChI=1S/C14H16ClNO2/c15-12(9-1-2-9)8-16-14(17)11-3-4-13-10(7-11)5-6-18-13/h3-4,7,9,12H,1-2,5-6,8H2,(H,16,17). The van der Waals surface area contributed by atoms with Crippen LogP contribution in [0.5, 0.6) is 5.75 Å². The van der Waals surface area contributed by atoms with Crippen LogP contribution in [-0.4, -0.2) is 24.4 Å². The molecule has 1 unspecified atom stereocenters. The van der Waals surface area contributed by atoms with Gasteiger partial charge in [-0.3, -0.25) is 4.79 Å². The lowest BCUT2D eigenvalue weighted by Gasteiger charge is -2.10. The molecule has 1 aliphatic carbocycles. The number of fused-ring (bicyclic) bond motifs is 1. The van der Waals surface area contributed by atoms with E-state index in [1.54, 1.807) is 6.07 Å². The first-order valence-corrected chi connectivity index (χ1v) is 6.85. The van der Waals surface area contributed by atoms with Crippen molar-refractivity contribution in [3.8, 4) is 5.75 Å². The molecule has 0 spiro atoms. The van der Waals surface area contributed by atoms with Crippen LogP contribution in [0.25, 0.3) is 0 Å². The number of amides is 1. The summed E-state index contributed by atoms with van der Waals surface area (Å²) in [6, 6.07) is 5.59. The fourth-order valence-corrected chi connectivity index (χ4v) is 2.57. The highest BCUT2D eigenvalue weighted by molar-refractivity contribution is 6.21. The lowest BCUT2D eigenvalue weighted by Crippen LogP contribution is -2.30. The molecular weight excluding hydrogens is 250 g/mol. The van der Waals surface area contributed by atoms with Crippen LogP contribution in [0.4, 0.5) is 0 Å². The zero-order valence-electron chi connectivity index (χ0n) is 10.1. The van der Waals surface area contributed by atoms with E-state index < -0.39 is 0 Å². The van der Waals surface area contributed by atoms with Gasteiger partial charge in [0.2, 0.25) is 0 Å². The highest BCUT2D eigenvalue weighted by Crippen LogP contribution is 2.35. The van der Waals surface area contributed by atoms with Crippen molar-refractivity contribution in [1.29, 1.82) is 0 Å². The van der Waals surface area contributed by atoms with Gasteiger partial charge < -0.3 is 10.1 Å². The molecule has 18 heavy (non-hydrogen) atoms. The molecule has 1 amide bonds. The minimum absolute atomic E-state index is 0.0454. The molecule has 1 saturated carbocycles. The number of carbonyl (C=O) groups excluding carboxylic acids is 1. The number of carbonyl (C=O) groups is 1. The fraction of sp³-hybridized carbons (Fsp3) is 0.500. The molecule has 1 fully saturated rings. The predicted molar refractivity (Wildman–Crippen MR) is 70.3 cm³/mol. The van der Waals surface area contributed by atoms with Crippen molar-refractivity contribution in [2.75, 3.05) is 13.2 Å². The van der Waals surface area contributed by atoms with Crippen LogP contribution in [-0.2, 0) is 6.42 Å². The van der Waals surface area contributed by atoms with E-state index in [4.69, 9.17) is 16.3 Å². The van der Waals surface area contributed by atoms with E-state index in [1.807, 2.05) is 12.1 Å². The molecule has 1 aromatic rings. The summed E-state index contributed by atoms with van der Waals surface area (Å²) in [7, 11) is 0. The van der Waals surface area contributed by atoms with Gasteiger partial charge in [-0.05, 0) is 42.5 Å². The largest absolute Gasteiger partial charge is 0.493 e. The van der Waals surface area contributed by atoms with Crippen molar-refractivity contribution in [3.63, 3.8) is 0 Å². The zero-order chi connectivity index (χ0) is 12.5. The molecule has 4 heteroatoms. The maximum absolute atomic E-state index is 12.0. The summed E-state index contributed by atoms with van der Waals surface area (Å²) in [6.07, 6.45) is 3.27. The number of benzene rings is 1. The smallest absolute Gasteiger partial charge is 0.251 e. The highest BCUT2D eigenvalue weighted by Gasteiger charge is 2.29. The Bertz CT molecular complexity index is 471. The van der Waals surface area contributed by atoms with E-state index in [-0.39, 0.29) is 11.3 Å². The van der Waals surface area contributed by atoms with E-state index in [0.717, 1.165) is 17.7 Å². The summed E-state index contributed by atoms with van der Waals surface area (Å²) in [5, 5.41) is 2.98. The van der Waals surface area contributed by atoms with Crippen molar-refractivity contribution in [3.05, 3.63) is 29.3 Å². The monoisotopic (exact) mass is 265 g/mol. The molecule has 1 aliphatic heterocycles. The van der Waals surface area contributed by atoms with Gasteiger partial charge in [-0.2, -0.15) is 0 Å². The first-order chi connectivity index (χ1) is 8.74. The number of ether oxygens (including phenoxy) is 1. The third kappa shape index (κ3) is 2.46. The Morgan fingerprint density at radius 3 is 3.11 bits per heavy atom. The van der Waals surface area contributed by atoms with Crippen molar-refractivity contribution < 1.29 is 9.53 Å². The van der Waals surface area contributed by atoms with Crippen molar-refractivity contribution >= 4 is 17.5 Å². The Balaban J connectivity index is 1.61. The van der Waals surface area contributed by atoms with Crippen LogP contribution in [0, 0.1) is 5.92 Å². The minimum atomic E-state index is -0.0454. The van der Waals surface area contributed by atoms with E-state index in [1.165, 1.54) is 12.8 Å². The maximum Gasteiger partial charge on any atom is 0.251 e. The Hall–Kier alpha value is -1.22. The first-order valence-electron chi connectivity index (χ1n) is 6.42. The summed E-state index contributed by atoms with van der Waals surface area (Å²) < 4.78 is 5.42. The first kappa shape index (κ1) is 11.8. The molecule has 0 saturated heterocycles. The van der Waals surface area contributed by atoms with Gasteiger partial charge in [-0.15, -0.1) is 11.6 Å². The van der Waals surface area contributed by atoms with Crippen molar-refractivity contribution in [2.24, 2.45) is 5.92 Å². The highest BCUT2D eigenvalue weighted by atomic mass is 35.5. The molecule has 3 rings (SSSR count). The molecule has 3 nitrogen and oxygen atoms in total. The lowest BCUT2D eigenvalue weighted by molar-refractivity contribution is 0.0953. The van der Waals surface area contributed by atoms with Gasteiger partial charge in [0.25, 0.3) is 5.91 Å². The summed E-state index contributed by atoms with van der Waals surface area (Å²) in [4.78, 5) is 12.0. The van der Waals surface area contributed by atoms with Gasteiger partial charge in [0, 0.05) is 18.5 Å². The van der Waals surface area contributed by atoms with E-state index in [2.05, 4.69) is 5.32 Å². The second kappa shape index (κ2) is 4.81. The van der Waals surface area contributed by atoms with Crippen LogP contribution in [0.15, 0.2) is 18.2 Å². The molecular formula is C14H16ClNO2. The number of alkyl halides is 1. The SMILES string of the molecule is O=C(NCC(Cl)C1CC1)c1ccc2c(c1)CCO2. The van der Waals surface area contributed by atoms with Gasteiger partial charge in [-0.25, -0.2) is 0 Å². The molecule has 0 aromatic heterocycles. The Labute approximate surface area is 111 Å². The summed E-state index contributed by atoms with van der Waals surface area (Å²) in [5.74, 6) is 1.45. The topological polar surface area (TPSA) is 38.3 Å². The predicted octanol–water partition coefficient (Wildman–Crippen LogP) is 2.37. The molecule has 0 radical (unpaired) electrons. The quantitative estimate of drug-likeness (QED) is 0.849. The van der Waals surface area contributed by atoms with Gasteiger partial charge >= 0.3 is 0 Å². The Kier molecular flexibility index (Phi) is 3.16. The molecule has 1 N–H and O–H groups in total. The third-order valence-electron chi connectivity index (χ3n) is 3.54. The van der Waals surface area contributed by atoms with Crippen molar-refractivity contribution in [1.82, 2.24) is 5.32 Å². The summed E-state index contributed by atoms with van der Waals surface area (Å²) in [5.41, 5.74) is 1.81. The maximum atomic E-state index is 12.0. The van der Waals surface area contributed by atoms with E-state index >= 15 is 0 Å². The Morgan fingerprint density at radius 1 is 1.50 bits per heavy atom. The van der Waals surface area contributed by atoms with Crippen LogP contribution in [0.3, 0.4) is 0 Å². The molecule has 1 heterocycles. The molecule has 0 bridgehead atoms. The van der Waals surface area contributed by atoms with E-state index in [9.17, 15) is 4.79 Å². The number of halogens is 1. The number of hydrogen-bond donors (Lipinski definition) is 1. The second-order valence-electron chi connectivity index (χ2n) is 4.98. The van der Waals surface area contributed by atoms with Crippen molar-refractivity contribution in [2.45, 2.75) is 24.6 Å². The molecule has 96 valence electrons. The normalized spacial score (nSPS) is 18.9. The van der Waals surface area contributed by atoms with Crippen LogP contribution in [0.2, 0.25) is 0 Å². The number of rotatable bonds is 4. The number of nitrogens with one attached hydrogen (secondary N) is 1. The average Bonchev–Trinajstić information content (AvgIpc) is 3.13. The third-order valence-corrected chi connectivity index (χ3v) is 4.05. The summed E-state index contributed by atoms with van der Waals surface area (Å²) in [6.45, 7) is 1.27. The van der Waals surface area contributed by atoms with Gasteiger partial charge in [-0.1, -0.05) is 0 Å². The minimum Gasteiger partial charge on any atom is -0.493 e. The van der Waals surface area contributed by atoms with Crippen LogP contribution < -0.4 is 10.1 Å². The molecule has 1 aromatic carbocycles. The zero-order valence-corrected chi connectivity index (χ0v) is 10.9. The summed E-state index contributed by atoms with van der Waals surface area (Å²) >= 11 is 6.17. The Morgan fingerprint density at radius 2 is 2.33 bits per heavy atom. The van der Waals surface area contributed by atoms with Crippen LogP contribution in [0.1, 0.15) is 28.8 Å². The fourth-order valence-electron chi connectivity index (χ4n) is 2.24. The van der Waals surface area contributed by atoms with Gasteiger partial charge in [0.15, 0.2) is 0 Å². The average molecular weight is 266 g/mol. The van der Waals surface area contributed by atoms with Gasteiger partial charge in [0.05, 0.1) is 12.0 Å². The molecule has 2 aliphatic rings. The van der Waals surface area contributed by atoms with Gasteiger partial charge in [0.1, 0.15) is 5.75 Å². The molecule has 1 atom stereocenters.